The number of carbonyl (C=O) groups excluding carboxylic acids is 1. The molecule has 2 N–H and O–H groups in total. The minimum absolute atomic E-state index is 0.0524. The first-order chi connectivity index (χ1) is 14.5. The van der Waals surface area contributed by atoms with E-state index in [1.54, 1.807) is 18.2 Å². The molecule has 1 atom stereocenters. The molecule has 0 saturated heterocycles. The van der Waals surface area contributed by atoms with E-state index in [-0.39, 0.29) is 29.0 Å². The molecule has 0 bridgehead atoms. The van der Waals surface area contributed by atoms with Gasteiger partial charge in [-0.05, 0) is 56.1 Å². The minimum Gasteiger partial charge on any atom is -0.356 e. The fourth-order valence-electron chi connectivity index (χ4n) is 4.56. The highest BCUT2D eigenvalue weighted by atomic mass is 16.2. The van der Waals surface area contributed by atoms with Crippen molar-refractivity contribution in [2.75, 3.05) is 6.54 Å². The lowest BCUT2D eigenvalue weighted by atomic mass is 9.81. The first-order valence-corrected chi connectivity index (χ1v) is 11.5. The number of amides is 1. The third-order valence-corrected chi connectivity index (χ3v) is 6.66. The van der Waals surface area contributed by atoms with Crippen LogP contribution >= 0.6 is 0 Å². The van der Waals surface area contributed by atoms with E-state index in [1.165, 1.54) is 23.8 Å². The van der Waals surface area contributed by atoms with Crippen molar-refractivity contribution in [1.29, 1.82) is 0 Å². The van der Waals surface area contributed by atoms with E-state index in [0.29, 0.717) is 23.4 Å². The molecule has 1 aliphatic rings. The lowest BCUT2D eigenvalue weighted by Crippen LogP contribution is -2.39. The molecule has 1 fully saturated rings. The van der Waals surface area contributed by atoms with E-state index in [1.807, 2.05) is 6.07 Å². The van der Waals surface area contributed by atoms with Crippen molar-refractivity contribution in [3.63, 3.8) is 0 Å². The van der Waals surface area contributed by atoms with Crippen LogP contribution in [0.4, 0.5) is 0 Å². The first kappa shape index (κ1) is 22.3. The standard InChI is InChI=1S/C24H35N3O3/c1-3-5-8-17(4-2)15-25-22(28)19-13-11-18(12-14-19)16-27-23(29)20-9-6-7-10-21(20)26-24(27)30/h6-7,9-10,17-19H,3-5,8,11-16H2,1-2H3,(H,25,28)(H,26,30)/t17-,18?,19?/m0/s1. The maximum Gasteiger partial charge on any atom is 0.328 e. The van der Waals surface area contributed by atoms with E-state index in [0.717, 1.165) is 38.6 Å². The number of aromatic amines is 1. The van der Waals surface area contributed by atoms with Crippen molar-refractivity contribution in [3.8, 4) is 0 Å². The molecule has 1 amide bonds. The van der Waals surface area contributed by atoms with E-state index >= 15 is 0 Å². The summed E-state index contributed by atoms with van der Waals surface area (Å²) in [6.07, 6.45) is 8.06. The molecule has 1 aromatic heterocycles. The Labute approximate surface area is 178 Å². The number of fused-ring (bicyclic) bond motifs is 1. The number of hydrogen-bond acceptors (Lipinski definition) is 3. The van der Waals surface area contributed by atoms with Crippen LogP contribution in [0, 0.1) is 17.8 Å². The highest BCUT2D eigenvalue weighted by Crippen LogP contribution is 2.29. The molecule has 1 saturated carbocycles. The molecule has 3 rings (SSSR count). The predicted octanol–water partition coefficient (Wildman–Crippen LogP) is 3.83. The van der Waals surface area contributed by atoms with E-state index in [4.69, 9.17) is 0 Å². The van der Waals surface area contributed by atoms with Gasteiger partial charge < -0.3 is 10.3 Å². The van der Waals surface area contributed by atoms with Crippen LogP contribution in [-0.4, -0.2) is 22.0 Å². The van der Waals surface area contributed by atoms with Gasteiger partial charge in [0.1, 0.15) is 0 Å². The zero-order chi connectivity index (χ0) is 21.5. The Bertz CT molecular complexity index is 954. The Hall–Kier alpha value is -2.37. The lowest BCUT2D eigenvalue weighted by molar-refractivity contribution is -0.126. The van der Waals surface area contributed by atoms with Gasteiger partial charge in [0.25, 0.3) is 5.56 Å². The molecule has 0 radical (unpaired) electrons. The number of benzene rings is 1. The molecule has 164 valence electrons. The Kier molecular flexibility index (Phi) is 7.88. The van der Waals surface area contributed by atoms with Gasteiger partial charge >= 0.3 is 5.69 Å². The summed E-state index contributed by atoms with van der Waals surface area (Å²) >= 11 is 0. The molecule has 1 aromatic carbocycles. The van der Waals surface area contributed by atoms with Crippen molar-refractivity contribution in [1.82, 2.24) is 14.9 Å². The zero-order valence-corrected chi connectivity index (χ0v) is 18.3. The van der Waals surface area contributed by atoms with Crippen molar-refractivity contribution in [2.45, 2.75) is 71.8 Å². The van der Waals surface area contributed by atoms with Crippen LogP contribution in [0.15, 0.2) is 33.9 Å². The van der Waals surface area contributed by atoms with Gasteiger partial charge in [0.2, 0.25) is 5.91 Å². The SMILES string of the molecule is CCCC[C@H](CC)CNC(=O)C1CCC(Cn2c(=O)[nH]c3ccccc3c2=O)CC1. The van der Waals surface area contributed by atoms with Crippen molar-refractivity contribution < 1.29 is 4.79 Å². The number of aromatic nitrogens is 2. The van der Waals surface area contributed by atoms with Gasteiger partial charge in [0.05, 0.1) is 10.9 Å². The summed E-state index contributed by atoms with van der Waals surface area (Å²) in [7, 11) is 0. The number of hydrogen-bond donors (Lipinski definition) is 2. The van der Waals surface area contributed by atoms with Crippen LogP contribution in [0.25, 0.3) is 10.9 Å². The molecule has 1 heterocycles. The van der Waals surface area contributed by atoms with Gasteiger partial charge in [-0.15, -0.1) is 0 Å². The fraction of sp³-hybridized carbons (Fsp3) is 0.625. The van der Waals surface area contributed by atoms with Crippen molar-refractivity contribution >= 4 is 16.8 Å². The molecule has 0 aliphatic heterocycles. The van der Waals surface area contributed by atoms with E-state index in [2.05, 4.69) is 24.1 Å². The number of rotatable bonds is 9. The second-order valence-corrected chi connectivity index (χ2v) is 8.77. The predicted molar refractivity (Wildman–Crippen MR) is 121 cm³/mol. The minimum atomic E-state index is -0.351. The summed E-state index contributed by atoms with van der Waals surface area (Å²) in [5.74, 6) is 1.04. The van der Waals surface area contributed by atoms with Crippen LogP contribution in [0.5, 0.6) is 0 Å². The molecule has 2 aromatic rings. The van der Waals surface area contributed by atoms with Gasteiger partial charge in [-0.2, -0.15) is 0 Å². The smallest absolute Gasteiger partial charge is 0.328 e. The Morgan fingerprint density at radius 1 is 1.17 bits per heavy atom. The third kappa shape index (κ3) is 5.41. The number of H-pyrrole nitrogens is 1. The van der Waals surface area contributed by atoms with Crippen LogP contribution in [0.3, 0.4) is 0 Å². The Balaban J connectivity index is 1.54. The second-order valence-electron chi connectivity index (χ2n) is 8.77. The molecule has 0 unspecified atom stereocenters. The highest BCUT2D eigenvalue weighted by Gasteiger charge is 2.27. The number of unbranched alkanes of at least 4 members (excludes halogenated alkanes) is 1. The third-order valence-electron chi connectivity index (χ3n) is 6.66. The summed E-state index contributed by atoms with van der Waals surface area (Å²) in [6, 6.07) is 7.11. The summed E-state index contributed by atoms with van der Waals surface area (Å²) in [5, 5.41) is 3.71. The average Bonchev–Trinajstić information content (AvgIpc) is 2.77. The number of carbonyl (C=O) groups is 1. The number of nitrogens with one attached hydrogen (secondary N) is 2. The normalized spacial score (nSPS) is 20.2. The summed E-state index contributed by atoms with van der Waals surface area (Å²) in [6.45, 7) is 5.58. The average molecular weight is 414 g/mol. The zero-order valence-electron chi connectivity index (χ0n) is 18.3. The van der Waals surface area contributed by atoms with Gasteiger partial charge in [0.15, 0.2) is 0 Å². The molecule has 0 spiro atoms. The molecule has 6 nitrogen and oxygen atoms in total. The summed E-state index contributed by atoms with van der Waals surface area (Å²) < 4.78 is 1.33. The lowest BCUT2D eigenvalue weighted by Gasteiger charge is -2.28. The fourth-order valence-corrected chi connectivity index (χ4v) is 4.56. The van der Waals surface area contributed by atoms with Gasteiger partial charge in [-0.25, -0.2) is 4.79 Å². The second kappa shape index (κ2) is 10.6. The maximum atomic E-state index is 12.7. The first-order valence-electron chi connectivity index (χ1n) is 11.5. The molecule has 1 aliphatic carbocycles. The van der Waals surface area contributed by atoms with Crippen LogP contribution in [-0.2, 0) is 11.3 Å². The van der Waals surface area contributed by atoms with Crippen molar-refractivity contribution in [2.24, 2.45) is 17.8 Å². The van der Waals surface area contributed by atoms with Crippen LogP contribution < -0.4 is 16.6 Å². The maximum absolute atomic E-state index is 12.7. The highest BCUT2D eigenvalue weighted by molar-refractivity contribution is 5.78. The van der Waals surface area contributed by atoms with Crippen LogP contribution in [0.2, 0.25) is 0 Å². The number of nitrogens with zero attached hydrogens (tertiary/aromatic N) is 1. The largest absolute Gasteiger partial charge is 0.356 e. The molecule has 6 heteroatoms. The Morgan fingerprint density at radius 2 is 1.90 bits per heavy atom. The van der Waals surface area contributed by atoms with Crippen molar-refractivity contribution in [3.05, 3.63) is 45.1 Å². The molecular formula is C24H35N3O3. The van der Waals surface area contributed by atoms with Gasteiger partial charge in [-0.3, -0.25) is 14.2 Å². The summed E-state index contributed by atoms with van der Waals surface area (Å²) in [5.41, 5.74) is -0.00314. The quantitative estimate of drug-likeness (QED) is 0.655. The monoisotopic (exact) mass is 413 g/mol. The number of para-hydroxylation sites is 1. The van der Waals surface area contributed by atoms with E-state index < -0.39 is 0 Å². The topological polar surface area (TPSA) is 84.0 Å². The van der Waals surface area contributed by atoms with E-state index in [9.17, 15) is 14.4 Å². The van der Waals surface area contributed by atoms with Crippen LogP contribution in [0.1, 0.15) is 65.2 Å². The molecular weight excluding hydrogens is 378 g/mol. The van der Waals surface area contributed by atoms with Gasteiger partial charge in [0, 0.05) is 19.0 Å². The molecule has 30 heavy (non-hydrogen) atoms. The Morgan fingerprint density at radius 3 is 2.60 bits per heavy atom. The van der Waals surface area contributed by atoms with Gasteiger partial charge in [-0.1, -0.05) is 45.2 Å². The summed E-state index contributed by atoms with van der Waals surface area (Å²) in [4.78, 5) is 40.5.